The number of fused-ring (bicyclic) bond motifs is 1. The maximum Gasteiger partial charge on any atom is 0.334 e. The Bertz CT molecular complexity index is 1500. The standard InChI is InChI=1S/C34H37N5O5/c1-3-18-37-24-32(41)38-29(20-25-14-16-28(40)17-15-25)33(42)36(22-27-12-8-9-13-30(27)44-19-4-2)23-31(38)39(37)34(43)35-21-26-10-6-5-7-11-26/h3-17,29,31,40H,1-2,18-24H2,(H,35,43). The Morgan fingerprint density at radius 1 is 0.955 bits per heavy atom. The number of carbonyl (C=O) groups is 3. The fourth-order valence-electron chi connectivity index (χ4n) is 5.68. The number of phenolic OH excluding ortho intramolecular Hbond substituents is 1. The summed E-state index contributed by atoms with van der Waals surface area (Å²) in [5.41, 5.74) is 2.51. The lowest BCUT2D eigenvalue weighted by Crippen LogP contribution is -2.76. The summed E-state index contributed by atoms with van der Waals surface area (Å²) >= 11 is 0. The maximum atomic E-state index is 14.2. The molecular formula is C34H37N5O5. The molecule has 0 bridgehead atoms. The van der Waals surface area contributed by atoms with Crippen LogP contribution in [0.5, 0.6) is 11.5 Å². The van der Waals surface area contributed by atoms with Crippen LogP contribution in [0, 0.1) is 0 Å². The van der Waals surface area contributed by atoms with Gasteiger partial charge >= 0.3 is 6.03 Å². The van der Waals surface area contributed by atoms with Crippen molar-refractivity contribution in [2.45, 2.75) is 31.7 Å². The van der Waals surface area contributed by atoms with Crippen molar-refractivity contribution in [2.75, 3.05) is 26.2 Å². The molecule has 2 saturated heterocycles. The summed E-state index contributed by atoms with van der Waals surface area (Å²) in [5, 5.41) is 16.0. The summed E-state index contributed by atoms with van der Waals surface area (Å²) in [5.74, 6) is 0.247. The molecule has 2 fully saturated rings. The van der Waals surface area contributed by atoms with Gasteiger partial charge in [-0.15, -0.1) is 6.58 Å². The number of hydrogen-bond acceptors (Lipinski definition) is 6. The minimum Gasteiger partial charge on any atom is -0.508 e. The number of rotatable bonds is 11. The van der Waals surface area contributed by atoms with E-state index in [4.69, 9.17) is 4.74 Å². The Morgan fingerprint density at radius 3 is 2.41 bits per heavy atom. The van der Waals surface area contributed by atoms with Gasteiger partial charge in [-0.3, -0.25) is 9.59 Å². The molecule has 2 unspecified atom stereocenters. The van der Waals surface area contributed by atoms with Gasteiger partial charge in [-0.2, -0.15) is 0 Å². The fourth-order valence-corrected chi connectivity index (χ4v) is 5.68. The van der Waals surface area contributed by atoms with Gasteiger partial charge < -0.3 is 25.0 Å². The molecular weight excluding hydrogens is 558 g/mol. The third-order valence-corrected chi connectivity index (χ3v) is 7.72. The molecule has 10 heteroatoms. The zero-order valence-electron chi connectivity index (χ0n) is 24.5. The third-order valence-electron chi connectivity index (χ3n) is 7.72. The number of phenols is 1. The van der Waals surface area contributed by atoms with E-state index in [0.717, 1.165) is 16.7 Å². The number of amides is 4. The van der Waals surface area contributed by atoms with Gasteiger partial charge in [0.2, 0.25) is 11.8 Å². The predicted molar refractivity (Wildman–Crippen MR) is 166 cm³/mol. The second kappa shape index (κ2) is 13.9. The van der Waals surface area contributed by atoms with Gasteiger partial charge in [0.1, 0.15) is 30.3 Å². The number of aromatic hydroxyl groups is 1. The van der Waals surface area contributed by atoms with Crippen LogP contribution in [0.15, 0.2) is 104 Å². The van der Waals surface area contributed by atoms with E-state index >= 15 is 0 Å². The molecule has 2 atom stereocenters. The van der Waals surface area contributed by atoms with Gasteiger partial charge in [0.15, 0.2) is 0 Å². The zero-order chi connectivity index (χ0) is 31.1. The van der Waals surface area contributed by atoms with E-state index in [1.54, 1.807) is 56.2 Å². The minimum atomic E-state index is -0.873. The van der Waals surface area contributed by atoms with E-state index < -0.39 is 12.2 Å². The number of nitrogens with zero attached hydrogens (tertiary/aromatic N) is 4. The molecule has 0 spiro atoms. The van der Waals surface area contributed by atoms with E-state index in [0.29, 0.717) is 18.9 Å². The average Bonchev–Trinajstić information content (AvgIpc) is 3.03. The average molecular weight is 596 g/mol. The van der Waals surface area contributed by atoms with Gasteiger partial charge in [0.05, 0.1) is 13.1 Å². The predicted octanol–water partition coefficient (Wildman–Crippen LogP) is 3.69. The van der Waals surface area contributed by atoms with E-state index in [-0.39, 0.29) is 56.2 Å². The molecule has 2 heterocycles. The first kappa shape index (κ1) is 30.4. The Morgan fingerprint density at radius 2 is 1.68 bits per heavy atom. The second-order valence-corrected chi connectivity index (χ2v) is 10.7. The van der Waals surface area contributed by atoms with Crippen LogP contribution in [-0.2, 0) is 29.1 Å². The van der Waals surface area contributed by atoms with Crippen molar-refractivity contribution >= 4 is 17.8 Å². The lowest BCUT2D eigenvalue weighted by Gasteiger charge is -2.55. The molecule has 2 N–H and O–H groups in total. The number of nitrogens with one attached hydrogen (secondary N) is 1. The molecule has 2 aliphatic heterocycles. The lowest BCUT2D eigenvalue weighted by atomic mass is 9.98. The molecule has 228 valence electrons. The van der Waals surface area contributed by atoms with Crippen molar-refractivity contribution in [1.29, 1.82) is 0 Å². The first-order chi connectivity index (χ1) is 21.4. The van der Waals surface area contributed by atoms with Gasteiger partial charge in [-0.25, -0.2) is 14.8 Å². The SMILES string of the molecule is C=CCOc1ccccc1CN1CC2N(C(=O)CN(CC=C)N2C(=O)NCc2ccccc2)C(Cc2ccc(O)cc2)C1=O. The smallest absolute Gasteiger partial charge is 0.334 e. The normalized spacial score (nSPS) is 18.5. The Labute approximate surface area is 257 Å². The molecule has 0 saturated carbocycles. The van der Waals surface area contributed by atoms with Crippen LogP contribution >= 0.6 is 0 Å². The highest BCUT2D eigenvalue weighted by Gasteiger charge is 2.51. The third kappa shape index (κ3) is 6.76. The van der Waals surface area contributed by atoms with E-state index in [1.165, 1.54) is 0 Å². The van der Waals surface area contributed by atoms with Crippen molar-refractivity contribution in [2.24, 2.45) is 0 Å². The first-order valence-corrected chi connectivity index (χ1v) is 14.6. The molecule has 5 rings (SSSR count). The van der Waals surface area contributed by atoms with Gasteiger partial charge in [-0.05, 0) is 29.3 Å². The van der Waals surface area contributed by atoms with E-state index in [2.05, 4.69) is 18.5 Å². The number of hydrazine groups is 1. The van der Waals surface area contributed by atoms with E-state index in [9.17, 15) is 19.5 Å². The Kier molecular flexibility index (Phi) is 9.61. The number of urea groups is 1. The maximum absolute atomic E-state index is 14.2. The lowest BCUT2D eigenvalue weighted by molar-refractivity contribution is -0.189. The van der Waals surface area contributed by atoms with Crippen molar-refractivity contribution in [3.8, 4) is 11.5 Å². The summed E-state index contributed by atoms with van der Waals surface area (Å²) in [6.07, 6.45) is 2.75. The molecule has 10 nitrogen and oxygen atoms in total. The van der Waals surface area contributed by atoms with Crippen LogP contribution in [-0.4, -0.2) is 81.2 Å². The number of hydrogen-bond donors (Lipinski definition) is 2. The highest BCUT2D eigenvalue weighted by Crippen LogP contribution is 2.31. The number of carbonyl (C=O) groups excluding carboxylic acids is 3. The molecule has 44 heavy (non-hydrogen) atoms. The highest BCUT2D eigenvalue weighted by atomic mass is 16.5. The minimum absolute atomic E-state index is 0.0845. The quantitative estimate of drug-likeness (QED) is 0.328. The van der Waals surface area contributed by atoms with E-state index in [1.807, 2.05) is 54.6 Å². The Hall–Kier alpha value is -5.09. The molecule has 0 aromatic heterocycles. The second-order valence-electron chi connectivity index (χ2n) is 10.7. The van der Waals surface area contributed by atoms with Crippen molar-refractivity contribution in [3.63, 3.8) is 0 Å². The van der Waals surface area contributed by atoms with Crippen molar-refractivity contribution in [3.05, 3.63) is 121 Å². The van der Waals surface area contributed by atoms with Gasteiger partial charge in [0, 0.05) is 31.6 Å². The molecule has 4 amide bonds. The van der Waals surface area contributed by atoms with Crippen LogP contribution in [0.3, 0.4) is 0 Å². The molecule has 0 radical (unpaired) electrons. The molecule has 3 aromatic rings. The monoisotopic (exact) mass is 595 g/mol. The Balaban J connectivity index is 1.50. The zero-order valence-corrected chi connectivity index (χ0v) is 24.5. The summed E-state index contributed by atoms with van der Waals surface area (Å²) in [4.78, 5) is 45.1. The topological polar surface area (TPSA) is 106 Å². The first-order valence-electron chi connectivity index (χ1n) is 14.6. The molecule has 3 aromatic carbocycles. The molecule has 0 aliphatic carbocycles. The summed E-state index contributed by atoms with van der Waals surface area (Å²) in [6, 6.07) is 22.4. The van der Waals surface area contributed by atoms with Crippen LogP contribution < -0.4 is 10.1 Å². The van der Waals surface area contributed by atoms with Crippen LogP contribution in [0.4, 0.5) is 4.79 Å². The number of para-hydroxylation sites is 1. The number of piperazine rings is 1. The number of ether oxygens (including phenoxy) is 1. The van der Waals surface area contributed by atoms with Crippen LogP contribution in [0.1, 0.15) is 16.7 Å². The number of benzene rings is 3. The molecule has 2 aliphatic rings. The van der Waals surface area contributed by atoms with Crippen molar-refractivity contribution < 1.29 is 24.2 Å². The summed E-state index contributed by atoms with van der Waals surface area (Å²) in [7, 11) is 0. The van der Waals surface area contributed by atoms with Crippen molar-refractivity contribution in [1.82, 2.24) is 25.1 Å². The summed E-state index contributed by atoms with van der Waals surface area (Å²) < 4.78 is 5.86. The van der Waals surface area contributed by atoms with Gasteiger partial charge in [0.25, 0.3) is 0 Å². The fraction of sp³-hybridized carbons (Fsp3) is 0.265. The van der Waals surface area contributed by atoms with Crippen LogP contribution in [0.2, 0.25) is 0 Å². The van der Waals surface area contributed by atoms with Gasteiger partial charge in [-0.1, -0.05) is 79.4 Å². The largest absolute Gasteiger partial charge is 0.508 e. The highest BCUT2D eigenvalue weighted by molar-refractivity contribution is 5.91. The summed E-state index contributed by atoms with van der Waals surface area (Å²) in [6.45, 7) is 8.67. The van der Waals surface area contributed by atoms with Crippen LogP contribution in [0.25, 0.3) is 0 Å².